The molecule has 0 amide bonds. The molecule has 0 aromatic heterocycles. The molecule has 0 aliphatic carbocycles. The van der Waals surface area contributed by atoms with Crippen molar-refractivity contribution in [3.05, 3.63) is 24.3 Å². The van der Waals surface area contributed by atoms with Gasteiger partial charge in [0.05, 0.1) is 27.7 Å². The first-order valence-corrected chi connectivity index (χ1v) is 23.5. The second-order valence-electron chi connectivity index (χ2n) is 16.1. The van der Waals surface area contributed by atoms with Crippen LogP contribution in [0.15, 0.2) is 24.3 Å². The van der Waals surface area contributed by atoms with E-state index >= 15 is 0 Å². The van der Waals surface area contributed by atoms with Crippen molar-refractivity contribution < 1.29 is 42.1 Å². The molecule has 0 spiro atoms. The SMILES string of the molecule is CCCCCC/C=C/CCCCCCCCCCCC(=O)OC[C@H](COP(=O)([O-])OCC[N+](C)(C)C)OC(=O)CCCCC/C=C/CCCCCCCC. The predicted molar refractivity (Wildman–Crippen MR) is 222 cm³/mol. The van der Waals surface area contributed by atoms with Crippen LogP contribution >= 0.6 is 7.82 Å². The summed E-state index contributed by atoms with van der Waals surface area (Å²) < 4.78 is 33.9. The Morgan fingerprint density at radius 2 is 0.944 bits per heavy atom. The molecule has 0 N–H and O–H groups in total. The third kappa shape index (κ3) is 40.2. The number of quaternary nitrogens is 1. The molecule has 10 heteroatoms. The van der Waals surface area contributed by atoms with E-state index in [1.807, 2.05) is 21.1 Å². The summed E-state index contributed by atoms with van der Waals surface area (Å²) in [5.74, 6) is -0.852. The largest absolute Gasteiger partial charge is 0.756 e. The highest BCUT2D eigenvalue weighted by molar-refractivity contribution is 7.45. The smallest absolute Gasteiger partial charge is 0.306 e. The first-order chi connectivity index (χ1) is 26.0. The van der Waals surface area contributed by atoms with Gasteiger partial charge in [-0.1, -0.05) is 141 Å². The summed E-state index contributed by atoms with van der Waals surface area (Å²) in [5, 5.41) is 0. The van der Waals surface area contributed by atoms with Crippen LogP contribution in [-0.2, 0) is 32.7 Å². The first kappa shape index (κ1) is 52.5. The lowest BCUT2D eigenvalue weighted by molar-refractivity contribution is -0.870. The van der Waals surface area contributed by atoms with Crippen molar-refractivity contribution in [3.8, 4) is 0 Å². The Labute approximate surface area is 332 Å². The third-order valence-corrected chi connectivity index (χ3v) is 10.4. The summed E-state index contributed by atoms with van der Waals surface area (Å²) in [5.41, 5.74) is 0. The molecule has 9 nitrogen and oxygen atoms in total. The van der Waals surface area contributed by atoms with Gasteiger partial charge in [0.2, 0.25) is 0 Å². The van der Waals surface area contributed by atoms with E-state index in [-0.39, 0.29) is 32.0 Å². The number of hydrogen-bond donors (Lipinski definition) is 0. The lowest BCUT2D eigenvalue weighted by Gasteiger charge is -2.28. The monoisotopic (exact) mass is 786 g/mol. The highest BCUT2D eigenvalue weighted by Gasteiger charge is 2.21. The zero-order chi connectivity index (χ0) is 40.0. The van der Waals surface area contributed by atoms with E-state index in [0.717, 1.165) is 44.9 Å². The molecule has 0 heterocycles. The average molecular weight is 786 g/mol. The minimum atomic E-state index is -4.62. The normalized spacial score (nSPS) is 13.8. The van der Waals surface area contributed by atoms with Gasteiger partial charge >= 0.3 is 11.9 Å². The molecule has 0 bridgehead atoms. The number of hydrogen-bond acceptors (Lipinski definition) is 8. The van der Waals surface area contributed by atoms with Crippen LogP contribution in [-0.4, -0.2) is 70.0 Å². The van der Waals surface area contributed by atoms with E-state index in [4.69, 9.17) is 18.5 Å². The molecular formula is C44H84NO8P. The second kappa shape index (κ2) is 37.1. The van der Waals surface area contributed by atoms with Gasteiger partial charge in [0.1, 0.15) is 19.8 Å². The van der Waals surface area contributed by atoms with E-state index in [1.54, 1.807) is 0 Å². The van der Waals surface area contributed by atoms with E-state index in [0.29, 0.717) is 17.4 Å². The number of carbonyl (C=O) groups excluding carboxylic acids is 2. The van der Waals surface area contributed by atoms with Gasteiger partial charge in [0, 0.05) is 12.8 Å². The predicted octanol–water partition coefficient (Wildman–Crippen LogP) is 11.7. The van der Waals surface area contributed by atoms with Crippen LogP contribution in [0.25, 0.3) is 0 Å². The Morgan fingerprint density at radius 1 is 0.556 bits per heavy atom. The molecule has 54 heavy (non-hydrogen) atoms. The van der Waals surface area contributed by atoms with Crippen molar-refractivity contribution >= 4 is 19.8 Å². The Bertz CT molecular complexity index is 980. The molecule has 2 atom stereocenters. The van der Waals surface area contributed by atoms with Crippen LogP contribution in [0.1, 0.15) is 194 Å². The van der Waals surface area contributed by atoms with Crippen LogP contribution in [0.4, 0.5) is 0 Å². The number of nitrogens with zero attached hydrogens (tertiary/aromatic N) is 1. The Kier molecular flexibility index (Phi) is 36.1. The first-order valence-electron chi connectivity index (χ1n) is 22.0. The molecular weight excluding hydrogens is 701 g/mol. The van der Waals surface area contributed by atoms with Gasteiger partial charge in [-0.3, -0.25) is 14.2 Å². The number of likely N-dealkylation sites (N-methyl/N-ethyl adjacent to an activating group) is 1. The van der Waals surface area contributed by atoms with Gasteiger partial charge in [0.15, 0.2) is 6.10 Å². The number of ether oxygens (including phenoxy) is 2. The van der Waals surface area contributed by atoms with Gasteiger partial charge in [-0.2, -0.15) is 0 Å². The molecule has 0 rings (SSSR count). The number of rotatable bonds is 40. The Morgan fingerprint density at radius 3 is 1.41 bits per heavy atom. The molecule has 318 valence electrons. The topological polar surface area (TPSA) is 111 Å². The minimum Gasteiger partial charge on any atom is -0.756 e. The van der Waals surface area contributed by atoms with Crippen LogP contribution in [0.5, 0.6) is 0 Å². The highest BCUT2D eigenvalue weighted by atomic mass is 31.2. The summed E-state index contributed by atoms with van der Waals surface area (Å²) in [6.07, 6.45) is 39.1. The minimum absolute atomic E-state index is 0.0326. The van der Waals surface area contributed by atoms with E-state index < -0.39 is 26.5 Å². The number of allylic oxidation sites excluding steroid dienone is 4. The number of phosphoric acid groups is 1. The maximum absolute atomic E-state index is 12.6. The molecule has 0 aliphatic rings. The van der Waals surface area contributed by atoms with Crippen molar-refractivity contribution in [1.29, 1.82) is 0 Å². The van der Waals surface area contributed by atoms with Crippen molar-refractivity contribution in [2.75, 3.05) is 47.5 Å². The molecule has 0 aromatic rings. The lowest BCUT2D eigenvalue weighted by Crippen LogP contribution is -2.37. The summed E-state index contributed by atoms with van der Waals surface area (Å²) in [6.45, 7) is 4.19. The van der Waals surface area contributed by atoms with E-state index in [2.05, 4.69) is 38.2 Å². The van der Waals surface area contributed by atoms with Gasteiger partial charge in [-0.25, -0.2) is 0 Å². The second-order valence-corrected chi connectivity index (χ2v) is 17.5. The molecule has 0 aliphatic heterocycles. The summed E-state index contributed by atoms with van der Waals surface area (Å²) in [6, 6.07) is 0. The number of carbonyl (C=O) groups is 2. The molecule has 0 radical (unpaired) electrons. The van der Waals surface area contributed by atoms with Crippen molar-refractivity contribution in [2.24, 2.45) is 0 Å². The van der Waals surface area contributed by atoms with Crippen molar-refractivity contribution in [3.63, 3.8) is 0 Å². The molecule has 0 fully saturated rings. The lowest BCUT2D eigenvalue weighted by atomic mass is 10.1. The summed E-state index contributed by atoms with van der Waals surface area (Å²) in [7, 11) is 1.16. The maximum atomic E-state index is 12.6. The zero-order valence-corrected chi connectivity index (χ0v) is 36.6. The molecule has 0 saturated carbocycles. The Balaban J connectivity index is 4.35. The number of esters is 2. The molecule has 0 aromatic carbocycles. The maximum Gasteiger partial charge on any atom is 0.306 e. The van der Waals surface area contributed by atoms with Gasteiger partial charge in [-0.05, 0) is 64.2 Å². The van der Waals surface area contributed by atoms with E-state index in [1.165, 1.54) is 116 Å². The fourth-order valence-electron chi connectivity index (χ4n) is 5.94. The number of phosphoric ester groups is 1. The molecule has 1 unspecified atom stereocenters. The Hall–Kier alpha value is -1.51. The quantitative estimate of drug-likeness (QED) is 0.0198. The van der Waals surface area contributed by atoms with Gasteiger partial charge in [0.25, 0.3) is 7.82 Å². The fourth-order valence-corrected chi connectivity index (χ4v) is 6.67. The van der Waals surface area contributed by atoms with E-state index in [9.17, 15) is 19.0 Å². The van der Waals surface area contributed by atoms with Crippen LogP contribution in [0, 0.1) is 0 Å². The van der Waals surface area contributed by atoms with Gasteiger partial charge < -0.3 is 27.9 Å². The summed E-state index contributed by atoms with van der Waals surface area (Å²) >= 11 is 0. The van der Waals surface area contributed by atoms with Crippen LogP contribution in [0.3, 0.4) is 0 Å². The summed E-state index contributed by atoms with van der Waals surface area (Å²) in [4.78, 5) is 37.5. The highest BCUT2D eigenvalue weighted by Crippen LogP contribution is 2.38. The standard InChI is InChI=1S/C44H84NO8P/c1-6-8-10-12-14-16-18-20-21-22-23-25-26-28-30-32-34-36-43(46)50-40-42(41-52-54(48,49)51-39-38-45(3,4)5)53-44(47)37-35-33-31-29-27-24-19-17-15-13-11-9-7-2/h16,18,24,27,42H,6-15,17,19-23,25-26,28-41H2,1-5H3/b18-16+,27-24+/t42-/m1/s1. The van der Waals surface area contributed by atoms with Crippen molar-refractivity contribution in [2.45, 2.75) is 200 Å². The van der Waals surface area contributed by atoms with Crippen LogP contribution < -0.4 is 4.89 Å². The van der Waals surface area contributed by atoms with Crippen LogP contribution in [0.2, 0.25) is 0 Å². The van der Waals surface area contributed by atoms with Gasteiger partial charge in [-0.15, -0.1) is 0 Å². The zero-order valence-electron chi connectivity index (χ0n) is 35.7. The third-order valence-electron chi connectivity index (χ3n) is 9.44. The number of unbranched alkanes of at least 4 members (excludes halogenated alkanes) is 22. The fraction of sp³-hybridized carbons (Fsp3) is 0.864. The molecule has 0 saturated heterocycles. The van der Waals surface area contributed by atoms with Crippen molar-refractivity contribution in [1.82, 2.24) is 0 Å². The average Bonchev–Trinajstić information content (AvgIpc) is 3.12.